The summed E-state index contributed by atoms with van der Waals surface area (Å²) in [4.78, 5) is 0. The van der Waals surface area contributed by atoms with Crippen LogP contribution in [0.15, 0.2) is 42.5 Å². The van der Waals surface area contributed by atoms with E-state index in [1.165, 1.54) is 0 Å². The van der Waals surface area contributed by atoms with Crippen molar-refractivity contribution in [3.05, 3.63) is 53.6 Å². The summed E-state index contributed by atoms with van der Waals surface area (Å²) in [6.45, 7) is 2.65. The molecular weight excluding hydrogens is 247 g/mol. The standard InChI is InChI=1S/C17H17BO2/c1-3-20-16-8-6-13(7-9-16)4-5-14-10-15(18)12-17(11-14)19-2/h4-12H,3H2,1-2H3/b5-4+. The average molecular weight is 264 g/mol. The van der Waals surface area contributed by atoms with E-state index in [-0.39, 0.29) is 0 Å². The average Bonchev–Trinajstić information content (AvgIpc) is 2.46. The number of benzene rings is 2. The third-order valence-corrected chi connectivity index (χ3v) is 2.85. The van der Waals surface area contributed by atoms with Gasteiger partial charge in [0, 0.05) is 0 Å². The smallest absolute Gasteiger partial charge is 0.119 e. The summed E-state index contributed by atoms with van der Waals surface area (Å²) in [6, 6.07) is 13.6. The van der Waals surface area contributed by atoms with E-state index in [2.05, 4.69) is 0 Å². The highest BCUT2D eigenvalue weighted by Crippen LogP contribution is 2.16. The van der Waals surface area contributed by atoms with Gasteiger partial charge >= 0.3 is 0 Å². The first-order chi connectivity index (χ1) is 9.71. The van der Waals surface area contributed by atoms with Crippen LogP contribution in [0.3, 0.4) is 0 Å². The van der Waals surface area contributed by atoms with E-state index in [9.17, 15) is 0 Å². The molecule has 0 spiro atoms. The number of methoxy groups -OCH3 is 1. The molecule has 0 unspecified atom stereocenters. The fourth-order valence-electron chi connectivity index (χ4n) is 1.89. The topological polar surface area (TPSA) is 18.5 Å². The molecule has 2 aromatic carbocycles. The highest BCUT2D eigenvalue weighted by Gasteiger charge is 1.96. The minimum absolute atomic E-state index is 0.679. The van der Waals surface area contributed by atoms with Crippen LogP contribution >= 0.6 is 0 Å². The molecule has 0 aliphatic heterocycles. The van der Waals surface area contributed by atoms with E-state index in [1.54, 1.807) is 13.2 Å². The van der Waals surface area contributed by atoms with Crippen LogP contribution in [0.25, 0.3) is 12.2 Å². The molecule has 0 saturated carbocycles. The predicted molar refractivity (Wildman–Crippen MR) is 84.9 cm³/mol. The van der Waals surface area contributed by atoms with E-state index < -0.39 is 0 Å². The molecule has 2 rings (SSSR count). The van der Waals surface area contributed by atoms with Crippen molar-refractivity contribution in [2.45, 2.75) is 6.92 Å². The number of ether oxygens (including phenoxy) is 2. The lowest BCUT2D eigenvalue weighted by Crippen LogP contribution is -2.02. The van der Waals surface area contributed by atoms with Gasteiger partial charge in [-0.25, -0.2) is 0 Å². The lowest BCUT2D eigenvalue weighted by atomic mass is 9.94. The van der Waals surface area contributed by atoms with Gasteiger partial charge in [0.25, 0.3) is 0 Å². The van der Waals surface area contributed by atoms with Crippen LogP contribution in [0.1, 0.15) is 18.1 Å². The van der Waals surface area contributed by atoms with Crippen LogP contribution in [0, 0.1) is 0 Å². The fraction of sp³-hybridized carbons (Fsp3) is 0.176. The van der Waals surface area contributed by atoms with Crippen molar-refractivity contribution >= 4 is 25.5 Å². The maximum absolute atomic E-state index is 5.83. The molecule has 0 amide bonds. The lowest BCUT2D eigenvalue weighted by molar-refractivity contribution is 0.340. The highest BCUT2D eigenvalue weighted by molar-refractivity contribution is 6.32. The predicted octanol–water partition coefficient (Wildman–Crippen LogP) is 3.06. The van der Waals surface area contributed by atoms with Crippen molar-refractivity contribution in [2.24, 2.45) is 0 Å². The van der Waals surface area contributed by atoms with Gasteiger partial charge in [0.15, 0.2) is 0 Å². The Balaban J connectivity index is 2.14. The van der Waals surface area contributed by atoms with Crippen molar-refractivity contribution in [1.82, 2.24) is 0 Å². The van der Waals surface area contributed by atoms with Crippen LogP contribution in [-0.4, -0.2) is 21.6 Å². The summed E-state index contributed by atoms with van der Waals surface area (Å²) in [5.41, 5.74) is 2.81. The first kappa shape index (κ1) is 14.3. The van der Waals surface area contributed by atoms with E-state index in [1.807, 2.05) is 55.5 Å². The number of hydrogen-bond donors (Lipinski definition) is 0. The normalized spacial score (nSPS) is 10.7. The van der Waals surface area contributed by atoms with E-state index >= 15 is 0 Å². The van der Waals surface area contributed by atoms with Gasteiger partial charge in [-0.05, 0) is 42.3 Å². The van der Waals surface area contributed by atoms with Gasteiger partial charge < -0.3 is 9.47 Å². The van der Waals surface area contributed by atoms with Crippen LogP contribution in [0.4, 0.5) is 0 Å². The Hall–Kier alpha value is -2.16. The first-order valence-corrected chi connectivity index (χ1v) is 6.57. The van der Waals surface area contributed by atoms with Gasteiger partial charge in [-0.3, -0.25) is 0 Å². The van der Waals surface area contributed by atoms with Crippen LogP contribution in [-0.2, 0) is 0 Å². The molecule has 2 aromatic rings. The Kier molecular flexibility index (Phi) is 4.88. The van der Waals surface area contributed by atoms with Crippen LogP contribution < -0.4 is 14.9 Å². The highest BCUT2D eigenvalue weighted by atomic mass is 16.5. The Morgan fingerprint density at radius 1 is 0.950 bits per heavy atom. The Morgan fingerprint density at radius 3 is 2.30 bits per heavy atom. The summed E-state index contributed by atoms with van der Waals surface area (Å²) >= 11 is 0. The molecule has 2 nitrogen and oxygen atoms in total. The maximum Gasteiger partial charge on any atom is 0.119 e. The van der Waals surface area contributed by atoms with Gasteiger partial charge in [0.1, 0.15) is 19.3 Å². The van der Waals surface area contributed by atoms with E-state index in [0.29, 0.717) is 12.1 Å². The SMILES string of the molecule is [B]c1cc(/C=C/c2ccc(OCC)cc2)cc(OC)c1. The molecule has 100 valence electrons. The molecule has 0 bridgehead atoms. The second-order valence-electron chi connectivity index (χ2n) is 4.37. The zero-order valence-electron chi connectivity index (χ0n) is 11.8. The van der Waals surface area contributed by atoms with Gasteiger partial charge in [-0.2, -0.15) is 0 Å². The van der Waals surface area contributed by atoms with Crippen molar-refractivity contribution in [1.29, 1.82) is 0 Å². The number of rotatable bonds is 5. The van der Waals surface area contributed by atoms with E-state index in [4.69, 9.17) is 17.3 Å². The molecule has 0 fully saturated rings. The molecular formula is C17H17BO2. The molecule has 0 aromatic heterocycles. The quantitative estimate of drug-likeness (QED) is 0.610. The zero-order valence-corrected chi connectivity index (χ0v) is 11.8. The summed E-state index contributed by atoms with van der Waals surface area (Å²) in [5, 5.41) is 0. The summed E-state index contributed by atoms with van der Waals surface area (Å²) < 4.78 is 10.6. The molecule has 0 aliphatic rings. The van der Waals surface area contributed by atoms with E-state index in [0.717, 1.165) is 22.6 Å². The van der Waals surface area contributed by atoms with Crippen LogP contribution in [0.5, 0.6) is 11.5 Å². The maximum atomic E-state index is 5.83. The van der Waals surface area contributed by atoms with Crippen molar-refractivity contribution in [3.63, 3.8) is 0 Å². The Bertz CT molecular complexity index is 588. The molecule has 0 atom stereocenters. The zero-order chi connectivity index (χ0) is 14.4. The van der Waals surface area contributed by atoms with Gasteiger partial charge in [-0.1, -0.05) is 35.8 Å². The third kappa shape index (κ3) is 3.92. The largest absolute Gasteiger partial charge is 0.497 e. The fourth-order valence-corrected chi connectivity index (χ4v) is 1.89. The molecule has 3 heteroatoms. The minimum atomic E-state index is 0.679. The second-order valence-corrected chi connectivity index (χ2v) is 4.37. The lowest BCUT2D eigenvalue weighted by Gasteiger charge is -2.04. The molecule has 2 radical (unpaired) electrons. The van der Waals surface area contributed by atoms with Gasteiger partial charge in [-0.15, -0.1) is 0 Å². The van der Waals surface area contributed by atoms with Crippen LogP contribution in [0.2, 0.25) is 0 Å². The molecule has 20 heavy (non-hydrogen) atoms. The number of hydrogen-bond acceptors (Lipinski definition) is 2. The molecule has 0 saturated heterocycles. The monoisotopic (exact) mass is 264 g/mol. The Morgan fingerprint density at radius 2 is 1.65 bits per heavy atom. The van der Waals surface area contributed by atoms with Crippen molar-refractivity contribution in [2.75, 3.05) is 13.7 Å². The molecule has 0 aliphatic carbocycles. The molecule has 0 heterocycles. The van der Waals surface area contributed by atoms with Gasteiger partial charge in [0.2, 0.25) is 0 Å². The van der Waals surface area contributed by atoms with Gasteiger partial charge in [0.05, 0.1) is 13.7 Å². The second kappa shape index (κ2) is 6.85. The Labute approximate surface area is 121 Å². The minimum Gasteiger partial charge on any atom is -0.497 e. The summed E-state index contributed by atoms with van der Waals surface area (Å²) in [7, 11) is 7.46. The van der Waals surface area contributed by atoms with Crippen molar-refractivity contribution in [3.8, 4) is 11.5 Å². The van der Waals surface area contributed by atoms with Crippen molar-refractivity contribution < 1.29 is 9.47 Å². The summed E-state index contributed by atoms with van der Waals surface area (Å²) in [5.74, 6) is 1.65. The first-order valence-electron chi connectivity index (χ1n) is 6.57. The third-order valence-electron chi connectivity index (χ3n) is 2.85. The summed E-state index contributed by atoms with van der Waals surface area (Å²) in [6.07, 6.45) is 4.04. The molecule has 0 N–H and O–H groups in total.